The number of hydrogen-bond donors (Lipinski definition) is 3. The molecule has 3 N–H and O–H groups in total. The van der Waals surface area contributed by atoms with E-state index in [0.717, 1.165) is 5.56 Å². The molecule has 0 aliphatic heterocycles. The third-order valence-electron chi connectivity index (χ3n) is 3.41. The van der Waals surface area contributed by atoms with Gasteiger partial charge in [-0.1, -0.05) is 65.1 Å². The maximum absolute atomic E-state index is 12.0. The number of ether oxygens (including phenoxy) is 1. The SMILES string of the molecule is O=C(N[C@@H](NC(=S)Nc1ccc([N+](=O)[O-])cc1)C(Cl)(Cl)Cl)OCc1ccccc1. The Kier molecular flexibility index (Phi) is 8.27. The summed E-state index contributed by atoms with van der Waals surface area (Å²) in [6, 6.07) is 14.6. The lowest BCUT2D eigenvalue weighted by Gasteiger charge is -2.27. The number of carbonyl (C=O) groups excluding carboxylic acids is 1. The summed E-state index contributed by atoms with van der Waals surface area (Å²) in [5.41, 5.74) is 1.18. The summed E-state index contributed by atoms with van der Waals surface area (Å²) in [6.45, 7) is 0.0325. The molecular formula is C17H15Cl3N4O4S. The number of alkyl carbamates (subject to hydrolysis) is 1. The molecule has 0 heterocycles. The number of anilines is 1. The number of nitro groups is 1. The van der Waals surface area contributed by atoms with Crippen molar-refractivity contribution in [2.45, 2.75) is 16.6 Å². The van der Waals surface area contributed by atoms with Crippen LogP contribution in [-0.2, 0) is 11.3 Å². The molecule has 12 heteroatoms. The molecule has 154 valence electrons. The van der Waals surface area contributed by atoms with Crippen LogP contribution >= 0.6 is 47.0 Å². The minimum Gasteiger partial charge on any atom is -0.445 e. The number of halogens is 3. The Morgan fingerprint density at radius 1 is 1.10 bits per heavy atom. The Morgan fingerprint density at radius 3 is 2.28 bits per heavy atom. The lowest BCUT2D eigenvalue weighted by Crippen LogP contribution is -2.56. The summed E-state index contributed by atoms with van der Waals surface area (Å²) in [5.74, 6) is 0. The molecule has 0 fully saturated rings. The van der Waals surface area contributed by atoms with E-state index in [9.17, 15) is 14.9 Å². The number of carbonyl (C=O) groups is 1. The molecule has 0 saturated carbocycles. The van der Waals surface area contributed by atoms with Gasteiger partial charge in [0.25, 0.3) is 5.69 Å². The average molecular weight is 478 g/mol. The van der Waals surface area contributed by atoms with Crippen molar-refractivity contribution in [1.82, 2.24) is 10.6 Å². The minimum absolute atomic E-state index is 0.0125. The van der Waals surface area contributed by atoms with E-state index in [4.69, 9.17) is 51.8 Å². The van der Waals surface area contributed by atoms with Gasteiger partial charge < -0.3 is 15.4 Å². The highest BCUT2D eigenvalue weighted by Gasteiger charge is 2.35. The Balaban J connectivity index is 1.92. The fraction of sp³-hybridized carbons (Fsp3) is 0.176. The summed E-state index contributed by atoms with van der Waals surface area (Å²) < 4.78 is 3.14. The van der Waals surface area contributed by atoms with E-state index in [1.54, 1.807) is 12.1 Å². The normalized spacial score (nSPS) is 11.8. The molecule has 0 saturated heterocycles. The smallest absolute Gasteiger partial charge is 0.409 e. The van der Waals surface area contributed by atoms with Crippen molar-refractivity contribution in [3.8, 4) is 0 Å². The number of non-ortho nitro benzene ring substituents is 1. The van der Waals surface area contributed by atoms with Gasteiger partial charge in [-0.15, -0.1) is 0 Å². The molecule has 1 atom stereocenters. The number of nitro benzene ring substituents is 1. The maximum Gasteiger partial charge on any atom is 0.409 e. The zero-order valence-corrected chi connectivity index (χ0v) is 17.7. The Hall–Kier alpha value is -2.33. The van der Waals surface area contributed by atoms with Crippen LogP contribution in [0.25, 0.3) is 0 Å². The Bertz CT molecular complexity index is 863. The molecule has 0 aliphatic rings. The topological polar surface area (TPSA) is 106 Å². The third-order valence-corrected chi connectivity index (χ3v) is 4.29. The van der Waals surface area contributed by atoms with Crippen molar-refractivity contribution in [2.75, 3.05) is 5.32 Å². The predicted molar refractivity (Wildman–Crippen MR) is 116 cm³/mol. The highest BCUT2D eigenvalue weighted by atomic mass is 35.6. The molecule has 0 aromatic heterocycles. The number of amides is 1. The van der Waals surface area contributed by atoms with Gasteiger partial charge in [-0.25, -0.2) is 4.79 Å². The highest BCUT2D eigenvalue weighted by Crippen LogP contribution is 2.29. The minimum atomic E-state index is -1.95. The molecule has 0 spiro atoms. The number of nitrogens with one attached hydrogen (secondary N) is 3. The van der Waals surface area contributed by atoms with Crippen LogP contribution in [0.4, 0.5) is 16.2 Å². The first kappa shape index (κ1) is 23.0. The molecule has 29 heavy (non-hydrogen) atoms. The van der Waals surface area contributed by atoms with Gasteiger partial charge in [0.2, 0.25) is 3.79 Å². The number of nitrogens with zero attached hydrogens (tertiary/aromatic N) is 1. The molecule has 0 unspecified atom stereocenters. The molecule has 2 aromatic rings. The summed E-state index contributed by atoms with van der Waals surface area (Å²) >= 11 is 22.8. The first-order chi connectivity index (χ1) is 13.6. The van der Waals surface area contributed by atoms with E-state index < -0.39 is 21.0 Å². The summed E-state index contributed by atoms with van der Waals surface area (Å²) in [5, 5.41) is 18.5. The second-order valence-electron chi connectivity index (χ2n) is 5.58. The fourth-order valence-corrected chi connectivity index (χ4v) is 2.61. The van der Waals surface area contributed by atoms with Crippen LogP contribution in [0.5, 0.6) is 0 Å². The molecule has 2 rings (SSSR count). The van der Waals surface area contributed by atoms with Crippen molar-refractivity contribution in [3.63, 3.8) is 0 Å². The van der Waals surface area contributed by atoms with Gasteiger partial charge in [0.15, 0.2) is 11.3 Å². The van der Waals surface area contributed by atoms with Crippen molar-refractivity contribution in [2.24, 2.45) is 0 Å². The summed E-state index contributed by atoms with van der Waals surface area (Å²) in [7, 11) is 0. The fourth-order valence-electron chi connectivity index (χ4n) is 2.05. The van der Waals surface area contributed by atoms with Crippen LogP contribution in [-0.4, -0.2) is 26.1 Å². The zero-order chi connectivity index (χ0) is 21.4. The van der Waals surface area contributed by atoms with Gasteiger partial charge in [0.05, 0.1) is 4.92 Å². The first-order valence-electron chi connectivity index (χ1n) is 8.01. The van der Waals surface area contributed by atoms with Gasteiger partial charge >= 0.3 is 6.09 Å². The summed E-state index contributed by atoms with van der Waals surface area (Å²) in [4.78, 5) is 22.2. The number of alkyl halides is 3. The standard InChI is InChI=1S/C17H15Cl3N4O4S/c18-17(19,20)14(23-16(25)28-10-11-4-2-1-3-5-11)22-15(29)21-12-6-8-13(9-7-12)24(26)27/h1-9,14H,10H2,(H,23,25)(H2,21,22,29)/t14-/m1/s1. The molecule has 0 radical (unpaired) electrons. The van der Waals surface area contributed by atoms with E-state index in [1.807, 2.05) is 18.2 Å². The number of hydrogen-bond acceptors (Lipinski definition) is 5. The molecule has 1 amide bonds. The number of benzene rings is 2. The lowest BCUT2D eigenvalue weighted by atomic mass is 10.2. The van der Waals surface area contributed by atoms with Crippen LogP contribution in [0.3, 0.4) is 0 Å². The van der Waals surface area contributed by atoms with E-state index in [0.29, 0.717) is 5.69 Å². The molecular weight excluding hydrogens is 463 g/mol. The second kappa shape index (κ2) is 10.4. The monoisotopic (exact) mass is 476 g/mol. The Morgan fingerprint density at radius 2 is 1.72 bits per heavy atom. The van der Waals surface area contributed by atoms with Gasteiger partial charge in [-0.2, -0.15) is 0 Å². The summed E-state index contributed by atoms with van der Waals surface area (Å²) in [6.07, 6.45) is -2.04. The average Bonchev–Trinajstić information content (AvgIpc) is 2.66. The Labute approximate surface area is 186 Å². The second-order valence-corrected chi connectivity index (χ2v) is 8.36. The van der Waals surface area contributed by atoms with E-state index >= 15 is 0 Å². The van der Waals surface area contributed by atoms with E-state index in [1.165, 1.54) is 24.3 Å². The number of rotatable bonds is 6. The van der Waals surface area contributed by atoms with Gasteiger partial charge in [-0.05, 0) is 29.9 Å². The van der Waals surface area contributed by atoms with Crippen LogP contribution in [0.15, 0.2) is 54.6 Å². The number of thiocarbonyl (C=S) groups is 1. The lowest BCUT2D eigenvalue weighted by molar-refractivity contribution is -0.384. The highest BCUT2D eigenvalue weighted by molar-refractivity contribution is 7.80. The van der Waals surface area contributed by atoms with Crippen LogP contribution < -0.4 is 16.0 Å². The van der Waals surface area contributed by atoms with Crippen molar-refractivity contribution >= 4 is 69.6 Å². The van der Waals surface area contributed by atoms with Crippen molar-refractivity contribution < 1.29 is 14.5 Å². The molecule has 8 nitrogen and oxygen atoms in total. The van der Waals surface area contributed by atoms with Crippen LogP contribution in [0, 0.1) is 10.1 Å². The molecule has 2 aromatic carbocycles. The predicted octanol–water partition coefficient (Wildman–Crippen LogP) is 4.50. The molecule has 0 bridgehead atoms. The van der Waals surface area contributed by atoms with Crippen molar-refractivity contribution in [3.05, 3.63) is 70.3 Å². The van der Waals surface area contributed by atoms with Crippen LogP contribution in [0.1, 0.15) is 5.56 Å². The van der Waals surface area contributed by atoms with Gasteiger partial charge in [-0.3, -0.25) is 15.4 Å². The van der Waals surface area contributed by atoms with Crippen molar-refractivity contribution in [1.29, 1.82) is 0 Å². The largest absolute Gasteiger partial charge is 0.445 e. The first-order valence-corrected chi connectivity index (χ1v) is 9.55. The van der Waals surface area contributed by atoms with Gasteiger partial charge in [0.1, 0.15) is 6.61 Å². The van der Waals surface area contributed by atoms with Gasteiger partial charge in [0, 0.05) is 17.8 Å². The quantitative estimate of drug-likeness (QED) is 0.185. The van der Waals surface area contributed by atoms with E-state index in [-0.39, 0.29) is 17.4 Å². The van der Waals surface area contributed by atoms with Crippen LogP contribution in [0.2, 0.25) is 0 Å². The molecule has 0 aliphatic carbocycles. The zero-order valence-electron chi connectivity index (χ0n) is 14.6. The maximum atomic E-state index is 12.0. The third kappa shape index (κ3) is 7.90. The van der Waals surface area contributed by atoms with E-state index in [2.05, 4.69) is 16.0 Å².